The van der Waals surface area contributed by atoms with Crippen LogP contribution in [0, 0.1) is 23.2 Å². The molecule has 28 heavy (non-hydrogen) atoms. The molecule has 3 unspecified atom stereocenters. The van der Waals surface area contributed by atoms with Gasteiger partial charge in [0.25, 0.3) is 5.91 Å². The number of thiazole rings is 1. The fourth-order valence-corrected chi connectivity index (χ4v) is 4.36. The molecule has 0 bridgehead atoms. The molecule has 1 N–H and O–H groups in total. The molecule has 0 radical (unpaired) electrons. The predicted molar refractivity (Wildman–Crippen MR) is 110 cm³/mol. The number of nitrogens with zero attached hydrogens (tertiary/aromatic N) is 3. The molecule has 0 saturated carbocycles. The third kappa shape index (κ3) is 5.54. The first-order chi connectivity index (χ1) is 13.4. The van der Waals surface area contributed by atoms with Crippen LogP contribution in [0.5, 0.6) is 5.75 Å². The highest BCUT2D eigenvalue weighted by Gasteiger charge is 2.23. The van der Waals surface area contributed by atoms with Crippen molar-refractivity contribution in [1.82, 2.24) is 9.88 Å². The van der Waals surface area contributed by atoms with Gasteiger partial charge in [0.15, 0.2) is 11.2 Å². The summed E-state index contributed by atoms with van der Waals surface area (Å²) in [5, 5.41) is 14.3. The number of anilines is 1. The summed E-state index contributed by atoms with van der Waals surface area (Å²) in [4.78, 5) is 19.4. The molecule has 148 valence electrons. The Hall–Kier alpha value is -2.43. The van der Waals surface area contributed by atoms with Crippen LogP contribution in [0.2, 0.25) is 0 Å². The Bertz CT molecular complexity index is 833. The fourth-order valence-electron chi connectivity index (χ4n) is 3.66. The van der Waals surface area contributed by atoms with E-state index in [0.717, 1.165) is 25.3 Å². The molecule has 7 heteroatoms. The summed E-state index contributed by atoms with van der Waals surface area (Å²) in [7, 11) is 0. The van der Waals surface area contributed by atoms with E-state index in [0.29, 0.717) is 28.3 Å². The summed E-state index contributed by atoms with van der Waals surface area (Å²) in [6.45, 7) is 9.30. The number of nitrogens with one attached hydrogen (secondary N) is 1. The van der Waals surface area contributed by atoms with Crippen LogP contribution in [0.25, 0.3) is 0 Å². The van der Waals surface area contributed by atoms with E-state index in [1.54, 1.807) is 31.2 Å². The van der Waals surface area contributed by atoms with E-state index in [-0.39, 0.29) is 5.91 Å². The molecule has 1 aromatic carbocycles. The summed E-state index contributed by atoms with van der Waals surface area (Å²) < 4.78 is 5.65. The maximum Gasteiger partial charge on any atom is 0.266 e. The van der Waals surface area contributed by atoms with Crippen LogP contribution in [0.3, 0.4) is 0 Å². The van der Waals surface area contributed by atoms with Crippen molar-refractivity contribution in [2.24, 2.45) is 11.8 Å². The zero-order valence-electron chi connectivity index (χ0n) is 16.5. The summed E-state index contributed by atoms with van der Waals surface area (Å²) in [5.74, 6) is 1.73. The summed E-state index contributed by atoms with van der Waals surface area (Å²) in [5.41, 5.74) is 1.54. The van der Waals surface area contributed by atoms with Crippen LogP contribution in [0.15, 0.2) is 29.6 Å². The molecule has 1 fully saturated rings. The Morgan fingerprint density at radius 2 is 2.04 bits per heavy atom. The number of carbonyl (C=O) groups is 1. The highest BCUT2D eigenvalue weighted by Crippen LogP contribution is 2.24. The van der Waals surface area contributed by atoms with Crippen molar-refractivity contribution in [2.75, 3.05) is 18.4 Å². The van der Waals surface area contributed by atoms with Crippen molar-refractivity contribution in [3.63, 3.8) is 0 Å². The maximum absolute atomic E-state index is 12.4. The number of likely N-dealkylation sites (tertiary alicyclic amines) is 1. The lowest BCUT2D eigenvalue weighted by Gasteiger charge is -2.34. The van der Waals surface area contributed by atoms with Gasteiger partial charge in [-0.2, -0.15) is 5.26 Å². The molecule has 6 nitrogen and oxygen atoms in total. The molecule has 2 aromatic rings. The van der Waals surface area contributed by atoms with Crippen molar-refractivity contribution in [3.8, 4) is 11.8 Å². The average molecular weight is 399 g/mol. The van der Waals surface area contributed by atoms with Crippen LogP contribution in [-0.4, -0.2) is 35.0 Å². The quantitative estimate of drug-likeness (QED) is 0.798. The van der Waals surface area contributed by atoms with Gasteiger partial charge in [-0.15, -0.1) is 11.3 Å². The van der Waals surface area contributed by atoms with E-state index in [4.69, 9.17) is 10.00 Å². The molecular formula is C21H26N4O2S. The highest BCUT2D eigenvalue weighted by atomic mass is 32.1. The molecule has 0 aliphatic carbocycles. The number of piperidine rings is 1. The number of amides is 1. The van der Waals surface area contributed by atoms with Gasteiger partial charge in [0, 0.05) is 25.0 Å². The van der Waals surface area contributed by atoms with E-state index in [1.807, 2.05) is 5.38 Å². The molecule has 1 aromatic heterocycles. The Labute approximate surface area is 170 Å². The molecule has 1 aliphatic heterocycles. The molecule has 3 rings (SSSR count). The second-order valence-electron chi connectivity index (χ2n) is 7.67. The van der Waals surface area contributed by atoms with Gasteiger partial charge < -0.3 is 4.74 Å². The average Bonchev–Trinajstić information content (AvgIpc) is 3.08. The summed E-state index contributed by atoms with van der Waals surface area (Å²) >= 11 is 1.44. The second kappa shape index (κ2) is 9.18. The van der Waals surface area contributed by atoms with Crippen LogP contribution in [0.1, 0.15) is 38.4 Å². The Kier molecular flexibility index (Phi) is 6.65. The van der Waals surface area contributed by atoms with Gasteiger partial charge in [-0.1, -0.05) is 13.8 Å². The fraction of sp³-hybridized carbons (Fsp3) is 0.476. The van der Waals surface area contributed by atoms with Crippen molar-refractivity contribution < 1.29 is 9.53 Å². The Morgan fingerprint density at radius 3 is 2.68 bits per heavy atom. The number of ether oxygens (including phenoxy) is 1. The van der Waals surface area contributed by atoms with Gasteiger partial charge in [0.2, 0.25) is 0 Å². The molecular weight excluding hydrogens is 372 g/mol. The lowest BCUT2D eigenvalue weighted by molar-refractivity contribution is -0.122. The first kappa shape index (κ1) is 20.3. The van der Waals surface area contributed by atoms with Crippen LogP contribution in [0.4, 0.5) is 5.13 Å². The zero-order chi connectivity index (χ0) is 20.1. The largest absolute Gasteiger partial charge is 0.481 e. The molecule has 3 atom stereocenters. The second-order valence-corrected chi connectivity index (χ2v) is 8.53. The molecule has 1 saturated heterocycles. The number of benzene rings is 1. The van der Waals surface area contributed by atoms with Gasteiger partial charge in [0.1, 0.15) is 5.75 Å². The van der Waals surface area contributed by atoms with Crippen molar-refractivity contribution in [2.45, 2.75) is 39.8 Å². The number of hydrogen-bond donors (Lipinski definition) is 1. The van der Waals surface area contributed by atoms with Gasteiger partial charge in [0.05, 0.1) is 17.3 Å². The summed E-state index contributed by atoms with van der Waals surface area (Å²) in [6, 6.07) is 8.75. The van der Waals surface area contributed by atoms with Crippen LogP contribution >= 0.6 is 11.3 Å². The Morgan fingerprint density at radius 1 is 1.36 bits per heavy atom. The first-order valence-corrected chi connectivity index (χ1v) is 10.5. The lowest BCUT2D eigenvalue weighted by Crippen LogP contribution is -2.38. The molecule has 2 heterocycles. The van der Waals surface area contributed by atoms with E-state index in [2.05, 4.69) is 35.1 Å². The normalized spacial score (nSPS) is 20.9. The van der Waals surface area contributed by atoms with E-state index in [1.165, 1.54) is 17.8 Å². The number of rotatable bonds is 6. The Balaban J connectivity index is 1.52. The number of aromatic nitrogens is 1. The molecule has 0 spiro atoms. The minimum Gasteiger partial charge on any atom is -0.481 e. The summed E-state index contributed by atoms with van der Waals surface area (Å²) in [6.07, 6.45) is 0.621. The van der Waals surface area contributed by atoms with Gasteiger partial charge in [-0.05, 0) is 49.4 Å². The van der Waals surface area contributed by atoms with Crippen molar-refractivity contribution in [3.05, 3.63) is 40.9 Å². The van der Waals surface area contributed by atoms with Gasteiger partial charge in [-0.25, -0.2) is 4.98 Å². The standard InChI is InChI=1S/C21H26N4O2S/c1-14-8-15(2)11-25(10-14)12-18-13-28-21(23-18)24-20(26)16(3)27-19-6-4-17(9-22)5-7-19/h4-7,13-16H,8,10-12H2,1-3H3,(H,23,24,26). The minimum atomic E-state index is -0.663. The maximum atomic E-state index is 12.4. The minimum absolute atomic E-state index is 0.245. The highest BCUT2D eigenvalue weighted by molar-refractivity contribution is 7.13. The van der Waals surface area contributed by atoms with E-state index < -0.39 is 6.10 Å². The third-order valence-corrected chi connectivity index (χ3v) is 5.58. The third-order valence-electron chi connectivity index (χ3n) is 4.78. The van der Waals surface area contributed by atoms with Crippen LogP contribution < -0.4 is 10.1 Å². The van der Waals surface area contributed by atoms with Gasteiger partial charge in [-0.3, -0.25) is 15.0 Å². The number of carbonyl (C=O) groups excluding carboxylic acids is 1. The monoisotopic (exact) mass is 398 g/mol. The lowest BCUT2D eigenvalue weighted by atomic mass is 9.92. The number of nitriles is 1. The predicted octanol–water partition coefficient (Wildman–Crippen LogP) is 3.90. The van der Waals surface area contributed by atoms with Crippen LogP contribution in [-0.2, 0) is 11.3 Å². The molecule has 1 aliphatic rings. The van der Waals surface area contributed by atoms with Crippen molar-refractivity contribution >= 4 is 22.4 Å². The topological polar surface area (TPSA) is 78.3 Å². The first-order valence-electron chi connectivity index (χ1n) is 9.57. The SMILES string of the molecule is CC1CC(C)CN(Cc2csc(NC(=O)C(C)Oc3ccc(C#N)cc3)n2)C1. The van der Waals surface area contributed by atoms with E-state index >= 15 is 0 Å². The molecule has 1 amide bonds. The zero-order valence-corrected chi connectivity index (χ0v) is 17.3. The van der Waals surface area contributed by atoms with E-state index in [9.17, 15) is 4.79 Å². The number of hydrogen-bond acceptors (Lipinski definition) is 6. The smallest absolute Gasteiger partial charge is 0.266 e. The van der Waals surface area contributed by atoms with Gasteiger partial charge >= 0.3 is 0 Å². The van der Waals surface area contributed by atoms with Crippen molar-refractivity contribution in [1.29, 1.82) is 5.26 Å².